The van der Waals surface area contributed by atoms with Crippen LogP contribution in [-0.2, 0) is 27.5 Å². The maximum Gasteiger partial charge on any atom is 0.410 e. The fourth-order valence-electron chi connectivity index (χ4n) is 9.50. The van der Waals surface area contributed by atoms with Crippen molar-refractivity contribution in [2.45, 2.75) is 89.3 Å². The van der Waals surface area contributed by atoms with Gasteiger partial charge in [-0.05, 0) is 78.8 Å². The number of carbonyl (C=O) groups is 1. The quantitative estimate of drug-likeness (QED) is 0.0422. The number of nitrogens with zero attached hydrogens (tertiary/aromatic N) is 3. The van der Waals surface area contributed by atoms with Crippen LogP contribution in [0.15, 0.2) is 108 Å². The summed E-state index contributed by atoms with van der Waals surface area (Å²) in [4.78, 5) is 24.9. The molecule has 0 spiro atoms. The lowest BCUT2D eigenvalue weighted by atomic mass is 9.55. The standard InChI is InChI=1S/C49H63N3O8/c1-3-23-52(48(55)57-34-36-15-7-5-8-16-36)45-33-43(50-59-35-37-17-9-6-10-18-37)41-31-38(19-11-13-27-53)40(20-12-14-28-54)46-42-32-39(56-30-26-51-24-25-51)21-22-44(42)60-49(45,47(41)46)58-29-4-2/h4-10,15-18,21-22,31-32,38,40,45-47,53-54H,2-3,11-14,19-20,23-30,33-35H2,1H3. The van der Waals surface area contributed by atoms with E-state index in [0.717, 1.165) is 79.0 Å². The van der Waals surface area contributed by atoms with E-state index in [1.54, 1.807) is 11.0 Å². The molecular weight excluding hydrogens is 759 g/mol. The average molecular weight is 822 g/mol. The van der Waals surface area contributed by atoms with Gasteiger partial charge in [-0.25, -0.2) is 4.79 Å². The molecule has 6 unspecified atom stereocenters. The van der Waals surface area contributed by atoms with Gasteiger partial charge >= 0.3 is 6.09 Å². The van der Waals surface area contributed by atoms with E-state index in [2.05, 4.69) is 30.5 Å². The van der Waals surface area contributed by atoms with E-state index < -0.39 is 23.8 Å². The molecule has 2 aliphatic carbocycles. The molecule has 1 saturated carbocycles. The van der Waals surface area contributed by atoms with Crippen molar-refractivity contribution in [3.05, 3.63) is 120 Å². The van der Waals surface area contributed by atoms with E-state index >= 15 is 0 Å². The number of ether oxygens (including phenoxy) is 4. The van der Waals surface area contributed by atoms with E-state index in [1.807, 2.05) is 72.8 Å². The van der Waals surface area contributed by atoms with Gasteiger partial charge in [-0.3, -0.25) is 9.80 Å². The summed E-state index contributed by atoms with van der Waals surface area (Å²) in [6, 6.07) is 25.1. The molecule has 2 aliphatic heterocycles. The number of rotatable bonds is 23. The van der Waals surface area contributed by atoms with E-state index in [-0.39, 0.29) is 50.8 Å². The minimum atomic E-state index is -1.36. The maximum atomic E-state index is 14.6. The summed E-state index contributed by atoms with van der Waals surface area (Å²) in [5, 5.41) is 24.8. The second-order valence-corrected chi connectivity index (χ2v) is 16.5. The molecule has 2 heterocycles. The molecule has 3 aromatic carbocycles. The van der Waals surface area contributed by atoms with E-state index in [9.17, 15) is 15.0 Å². The smallest absolute Gasteiger partial charge is 0.410 e. The SMILES string of the molecule is C=CCOC12Oc3ccc(OCCN4CC4)cc3C3C(CCCCO)C(CCCCO)C=C(C(=NOCc4ccccc4)CC1N(CCC)C(=O)OCc1ccccc1)C32. The van der Waals surface area contributed by atoms with Crippen LogP contribution in [0.5, 0.6) is 11.5 Å². The minimum Gasteiger partial charge on any atom is -0.492 e. The van der Waals surface area contributed by atoms with Gasteiger partial charge in [0.2, 0.25) is 5.79 Å². The van der Waals surface area contributed by atoms with Gasteiger partial charge in [0, 0.05) is 57.3 Å². The Morgan fingerprint density at radius 2 is 1.68 bits per heavy atom. The lowest BCUT2D eigenvalue weighted by molar-refractivity contribution is -0.255. The van der Waals surface area contributed by atoms with Crippen molar-refractivity contribution in [1.29, 1.82) is 0 Å². The number of allylic oxidation sites excluding steroid dienone is 1. The number of oxime groups is 1. The van der Waals surface area contributed by atoms with E-state index in [4.69, 9.17) is 28.9 Å². The van der Waals surface area contributed by atoms with Crippen LogP contribution in [0.3, 0.4) is 0 Å². The maximum absolute atomic E-state index is 14.6. The molecule has 11 nitrogen and oxygen atoms in total. The van der Waals surface area contributed by atoms with Crippen molar-refractivity contribution >= 4 is 11.8 Å². The van der Waals surface area contributed by atoms with Gasteiger partial charge in [-0.2, -0.15) is 0 Å². The van der Waals surface area contributed by atoms with Gasteiger partial charge in [0.1, 0.15) is 37.4 Å². The third-order valence-electron chi connectivity index (χ3n) is 12.4. The van der Waals surface area contributed by atoms with Crippen molar-refractivity contribution in [1.82, 2.24) is 9.80 Å². The zero-order valence-corrected chi connectivity index (χ0v) is 35.2. The molecule has 0 bridgehead atoms. The Kier molecular flexibility index (Phi) is 15.3. The number of carbonyl (C=O) groups excluding carboxylic acids is 1. The molecule has 1 amide bonds. The van der Waals surface area contributed by atoms with Gasteiger partial charge in [-0.15, -0.1) is 6.58 Å². The highest BCUT2D eigenvalue weighted by Crippen LogP contribution is 2.62. The monoisotopic (exact) mass is 821 g/mol. The number of aliphatic hydroxyl groups is 2. The van der Waals surface area contributed by atoms with Crippen LogP contribution in [-0.4, -0.2) is 96.3 Å². The first kappa shape index (κ1) is 43.4. The number of amides is 1. The Bertz CT molecular complexity index is 1900. The Hall–Kier alpha value is -4.68. The highest BCUT2D eigenvalue weighted by Gasteiger charge is 2.65. The van der Waals surface area contributed by atoms with Crippen LogP contribution in [0.1, 0.15) is 80.9 Å². The number of hydrogen-bond donors (Lipinski definition) is 2. The molecule has 60 heavy (non-hydrogen) atoms. The summed E-state index contributed by atoms with van der Waals surface area (Å²) in [7, 11) is 0. The highest BCUT2D eigenvalue weighted by atomic mass is 16.7. The summed E-state index contributed by atoms with van der Waals surface area (Å²) >= 11 is 0. The summed E-state index contributed by atoms with van der Waals surface area (Å²) in [6.45, 7) is 11.0. The molecule has 0 aromatic heterocycles. The van der Waals surface area contributed by atoms with Crippen LogP contribution in [0.4, 0.5) is 4.79 Å². The largest absolute Gasteiger partial charge is 0.492 e. The first-order valence-electron chi connectivity index (χ1n) is 22.1. The van der Waals surface area contributed by atoms with Crippen LogP contribution < -0.4 is 9.47 Å². The summed E-state index contributed by atoms with van der Waals surface area (Å²) < 4.78 is 27.0. The highest BCUT2D eigenvalue weighted by molar-refractivity contribution is 6.03. The molecule has 2 N–H and O–H groups in total. The second kappa shape index (κ2) is 21.2. The van der Waals surface area contributed by atoms with Crippen LogP contribution >= 0.6 is 0 Å². The first-order chi connectivity index (χ1) is 29.5. The number of aliphatic hydroxyl groups excluding tert-OH is 2. The summed E-state index contributed by atoms with van der Waals surface area (Å²) in [5.41, 5.74) is 4.67. The van der Waals surface area contributed by atoms with Crippen molar-refractivity contribution < 1.29 is 38.8 Å². The zero-order valence-electron chi connectivity index (χ0n) is 35.2. The fourth-order valence-corrected chi connectivity index (χ4v) is 9.50. The van der Waals surface area contributed by atoms with Gasteiger partial charge in [0.15, 0.2) is 0 Å². The Balaban J connectivity index is 1.38. The Labute approximate surface area is 355 Å². The van der Waals surface area contributed by atoms with Crippen molar-refractivity contribution in [3.8, 4) is 11.5 Å². The molecule has 0 radical (unpaired) electrons. The zero-order chi connectivity index (χ0) is 41.7. The van der Waals surface area contributed by atoms with Crippen LogP contribution in [0.25, 0.3) is 0 Å². The topological polar surface area (TPSA) is 122 Å². The molecular formula is C49H63N3O8. The average Bonchev–Trinajstić information content (AvgIpc) is 4.11. The number of fused-ring (bicyclic) bond motifs is 2. The first-order valence-corrected chi connectivity index (χ1v) is 22.1. The number of hydrogen-bond acceptors (Lipinski definition) is 10. The van der Waals surface area contributed by atoms with Crippen molar-refractivity contribution in [3.63, 3.8) is 0 Å². The van der Waals surface area contributed by atoms with Crippen molar-refractivity contribution in [2.24, 2.45) is 22.9 Å². The van der Waals surface area contributed by atoms with Gasteiger partial charge in [0.05, 0.1) is 18.2 Å². The Morgan fingerprint density at radius 3 is 2.37 bits per heavy atom. The fraction of sp³-hybridized carbons (Fsp3) is 0.510. The molecule has 3 aromatic rings. The summed E-state index contributed by atoms with van der Waals surface area (Å²) in [6.07, 6.45) is 9.44. The third kappa shape index (κ3) is 10.3. The Morgan fingerprint density at radius 1 is 0.967 bits per heavy atom. The lowest BCUT2D eigenvalue weighted by Gasteiger charge is -2.59. The number of benzene rings is 3. The predicted molar refractivity (Wildman–Crippen MR) is 232 cm³/mol. The molecule has 6 atom stereocenters. The normalized spacial score (nSPS) is 24.7. The summed E-state index contributed by atoms with van der Waals surface area (Å²) in [5.74, 6) is -0.194. The van der Waals surface area contributed by atoms with Gasteiger partial charge in [0.25, 0.3) is 0 Å². The van der Waals surface area contributed by atoms with E-state index in [1.165, 1.54) is 0 Å². The van der Waals surface area contributed by atoms with Crippen molar-refractivity contribution in [2.75, 3.05) is 52.6 Å². The van der Waals surface area contributed by atoms with E-state index in [0.29, 0.717) is 44.6 Å². The van der Waals surface area contributed by atoms with Crippen LogP contribution in [0.2, 0.25) is 0 Å². The molecule has 4 aliphatic rings. The third-order valence-corrected chi connectivity index (χ3v) is 12.4. The lowest BCUT2D eigenvalue weighted by Crippen LogP contribution is -2.70. The minimum absolute atomic E-state index is 0.112. The molecule has 1 saturated heterocycles. The second-order valence-electron chi connectivity index (χ2n) is 16.5. The molecule has 11 heteroatoms. The van der Waals surface area contributed by atoms with Gasteiger partial charge < -0.3 is 34.0 Å². The van der Waals surface area contributed by atoms with Gasteiger partial charge in [-0.1, -0.05) is 97.7 Å². The molecule has 2 fully saturated rings. The molecule has 7 rings (SSSR count). The number of unbranched alkanes of at least 4 members (excludes halogenated alkanes) is 2. The van der Waals surface area contributed by atoms with Crippen LogP contribution in [0, 0.1) is 17.8 Å². The molecule has 322 valence electrons. The predicted octanol–water partition coefficient (Wildman–Crippen LogP) is 8.26.